The van der Waals surface area contributed by atoms with E-state index in [0.29, 0.717) is 5.92 Å². The molecule has 2 aliphatic rings. The lowest BCUT2D eigenvalue weighted by molar-refractivity contribution is 0.0993. The molecule has 0 unspecified atom stereocenters. The Balaban J connectivity index is 1.54. The van der Waals surface area contributed by atoms with Crippen LogP contribution in [0.5, 0.6) is 0 Å². The number of imidazole rings is 1. The zero-order chi connectivity index (χ0) is 15.6. The molecule has 124 valence electrons. The molecule has 0 radical (unpaired) electrons. The van der Waals surface area contributed by atoms with E-state index in [2.05, 4.69) is 16.4 Å². The zero-order valence-electron chi connectivity index (χ0n) is 13.8. The van der Waals surface area contributed by atoms with Gasteiger partial charge < -0.3 is 13.7 Å². The molecule has 1 fully saturated rings. The number of fused-ring (bicyclic) bond motifs is 1. The molecule has 5 nitrogen and oxygen atoms in total. The first-order valence-corrected chi connectivity index (χ1v) is 8.70. The van der Waals surface area contributed by atoms with Crippen LogP contribution in [-0.4, -0.2) is 34.2 Å². The van der Waals surface area contributed by atoms with E-state index in [0.717, 1.165) is 51.1 Å². The van der Waals surface area contributed by atoms with Crippen LogP contribution in [0.3, 0.4) is 0 Å². The predicted octanol–water partition coefficient (Wildman–Crippen LogP) is 3.02. The van der Waals surface area contributed by atoms with Gasteiger partial charge in [-0.05, 0) is 37.8 Å². The summed E-state index contributed by atoms with van der Waals surface area (Å²) in [7, 11) is 0. The summed E-state index contributed by atoms with van der Waals surface area (Å²) in [6, 6.07) is 3.99. The second-order valence-electron chi connectivity index (χ2n) is 6.78. The summed E-state index contributed by atoms with van der Waals surface area (Å²) in [5.74, 6) is 2.28. The van der Waals surface area contributed by atoms with Gasteiger partial charge in [-0.25, -0.2) is 4.98 Å². The molecule has 1 aliphatic heterocycles. The van der Waals surface area contributed by atoms with Gasteiger partial charge in [-0.15, -0.1) is 0 Å². The highest BCUT2D eigenvalue weighted by Crippen LogP contribution is 2.34. The third-order valence-electron chi connectivity index (χ3n) is 4.83. The number of hydrogen-bond donors (Lipinski definition) is 0. The van der Waals surface area contributed by atoms with E-state index < -0.39 is 0 Å². The molecular weight excluding hydrogens is 290 g/mol. The Kier molecular flexibility index (Phi) is 4.23. The molecule has 23 heavy (non-hydrogen) atoms. The maximum Gasteiger partial charge on any atom is 0.117 e. The summed E-state index contributed by atoms with van der Waals surface area (Å²) < 4.78 is 13.7. The first-order valence-electron chi connectivity index (χ1n) is 8.70. The fourth-order valence-electron chi connectivity index (χ4n) is 3.56. The van der Waals surface area contributed by atoms with Crippen LogP contribution >= 0.6 is 0 Å². The number of hydrogen-bond acceptors (Lipinski definition) is 4. The third kappa shape index (κ3) is 3.35. The van der Waals surface area contributed by atoms with Gasteiger partial charge >= 0.3 is 0 Å². The van der Waals surface area contributed by atoms with E-state index >= 15 is 0 Å². The van der Waals surface area contributed by atoms with Crippen molar-refractivity contribution in [1.29, 1.82) is 0 Å². The van der Waals surface area contributed by atoms with Crippen molar-refractivity contribution in [3.05, 3.63) is 41.9 Å². The highest BCUT2D eigenvalue weighted by atomic mass is 16.5. The van der Waals surface area contributed by atoms with Crippen molar-refractivity contribution in [3.8, 4) is 0 Å². The molecule has 0 N–H and O–H groups in total. The monoisotopic (exact) mass is 315 g/mol. The second-order valence-corrected chi connectivity index (χ2v) is 6.78. The van der Waals surface area contributed by atoms with Gasteiger partial charge in [0.25, 0.3) is 0 Å². The lowest BCUT2D eigenvalue weighted by atomic mass is 9.98. The summed E-state index contributed by atoms with van der Waals surface area (Å²) >= 11 is 0. The number of aromatic nitrogens is 2. The van der Waals surface area contributed by atoms with E-state index in [4.69, 9.17) is 14.1 Å². The minimum absolute atomic E-state index is 0.398. The number of furan rings is 1. The number of ether oxygens (including phenoxy) is 1. The summed E-state index contributed by atoms with van der Waals surface area (Å²) in [6.45, 7) is 7.47. The van der Waals surface area contributed by atoms with Crippen molar-refractivity contribution < 1.29 is 9.15 Å². The van der Waals surface area contributed by atoms with Crippen molar-refractivity contribution in [2.75, 3.05) is 19.8 Å². The summed E-state index contributed by atoms with van der Waals surface area (Å²) in [4.78, 5) is 7.13. The van der Waals surface area contributed by atoms with Crippen molar-refractivity contribution >= 4 is 0 Å². The van der Waals surface area contributed by atoms with Crippen LogP contribution in [-0.2, 0) is 24.4 Å². The standard InChI is InChI=1S/C18H25N3O2/c1-2-22-12-15-9-20(10-16-4-3-7-23-16)11-17-18(15)21(13-19-17)8-14-5-6-14/h3-4,7,13-15H,2,5-6,8-12H2,1H3/t15-/m1/s1. The molecule has 5 heteroatoms. The van der Waals surface area contributed by atoms with Gasteiger partial charge in [0.15, 0.2) is 0 Å². The van der Waals surface area contributed by atoms with Crippen LogP contribution in [0.2, 0.25) is 0 Å². The van der Waals surface area contributed by atoms with Crippen LogP contribution in [0, 0.1) is 5.92 Å². The van der Waals surface area contributed by atoms with Gasteiger partial charge in [0, 0.05) is 37.9 Å². The Hall–Kier alpha value is -1.59. The molecule has 0 aromatic carbocycles. The highest BCUT2D eigenvalue weighted by molar-refractivity contribution is 5.22. The lowest BCUT2D eigenvalue weighted by Crippen LogP contribution is -2.36. The lowest BCUT2D eigenvalue weighted by Gasteiger charge is -2.32. The Morgan fingerprint density at radius 2 is 2.30 bits per heavy atom. The quantitative estimate of drug-likeness (QED) is 0.788. The van der Waals surface area contributed by atoms with Gasteiger partial charge in [-0.3, -0.25) is 4.90 Å². The minimum Gasteiger partial charge on any atom is -0.468 e. The van der Waals surface area contributed by atoms with Gasteiger partial charge in [0.05, 0.1) is 31.4 Å². The average Bonchev–Trinajstić information content (AvgIpc) is 3.05. The average molecular weight is 315 g/mol. The largest absolute Gasteiger partial charge is 0.468 e. The van der Waals surface area contributed by atoms with E-state index in [1.807, 2.05) is 18.5 Å². The fraction of sp³-hybridized carbons (Fsp3) is 0.611. The first-order chi connectivity index (χ1) is 11.3. The fourth-order valence-corrected chi connectivity index (χ4v) is 3.56. The highest BCUT2D eigenvalue weighted by Gasteiger charge is 2.32. The molecule has 0 saturated heterocycles. The molecule has 1 aliphatic carbocycles. The second kappa shape index (κ2) is 6.49. The zero-order valence-corrected chi connectivity index (χ0v) is 13.8. The van der Waals surface area contributed by atoms with Crippen LogP contribution in [0.15, 0.2) is 29.1 Å². The van der Waals surface area contributed by atoms with Crippen molar-refractivity contribution in [2.45, 2.75) is 45.3 Å². The Labute approximate surface area is 137 Å². The summed E-state index contributed by atoms with van der Waals surface area (Å²) in [5, 5.41) is 0. The van der Waals surface area contributed by atoms with Gasteiger partial charge in [0.2, 0.25) is 0 Å². The normalized spacial score (nSPS) is 21.5. The molecular formula is C18H25N3O2. The molecule has 2 aromatic rings. The van der Waals surface area contributed by atoms with E-state index in [1.54, 1.807) is 6.26 Å². The third-order valence-corrected chi connectivity index (χ3v) is 4.83. The van der Waals surface area contributed by atoms with Crippen molar-refractivity contribution in [2.24, 2.45) is 5.92 Å². The van der Waals surface area contributed by atoms with Crippen molar-refractivity contribution in [3.63, 3.8) is 0 Å². The van der Waals surface area contributed by atoms with E-state index in [9.17, 15) is 0 Å². The Morgan fingerprint density at radius 1 is 1.39 bits per heavy atom. The molecule has 4 rings (SSSR count). The Bertz CT molecular complexity index is 631. The molecule has 0 amide bonds. The topological polar surface area (TPSA) is 43.4 Å². The predicted molar refractivity (Wildman–Crippen MR) is 87.0 cm³/mol. The van der Waals surface area contributed by atoms with Gasteiger partial charge in [-0.2, -0.15) is 0 Å². The van der Waals surface area contributed by atoms with Crippen LogP contribution in [0.25, 0.3) is 0 Å². The molecule has 1 saturated carbocycles. The summed E-state index contributed by atoms with van der Waals surface area (Å²) in [6.07, 6.45) is 6.52. The maximum absolute atomic E-state index is 5.77. The molecule has 3 heterocycles. The smallest absolute Gasteiger partial charge is 0.117 e. The number of nitrogens with zero attached hydrogens (tertiary/aromatic N) is 3. The van der Waals surface area contributed by atoms with Crippen LogP contribution < -0.4 is 0 Å². The maximum atomic E-state index is 5.77. The van der Waals surface area contributed by atoms with Crippen LogP contribution in [0.1, 0.15) is 42.8 Å². The minimum atomic E-state index is 0.398. The summed E-state index contributed by atoms with van der Waals surface area (Å²) in [5.41, 5.74) is 2.62. The SMILES string of the molecule is CCOC[C@H]1CN(Cc2ccco2)Cc2ncn(CC3CC3)c21. The van der Waals surface area contributed by atoms with Gasteiger partial charge in [0.1, 0.15) is 5.76 Å². The molecule has 1 atom stereocenters. The first kappa shape index (κ1) is 15.0. The Morgan fingerprint density at radius 3 is 3.04 bits per heavy atom. The van der Waals surface area contributed by atoms with Crippen molar-refractivity contribution in [1.82, 2.24) is 14.5 Å². The molecule has 0 bridgehead atoms. The van der Waals surface area contributed by atoms with Crippen LogP contribution in [0.4, 0.5) is 0 Å². The van der Waals surface area contributed by atoms with E-state index in [1.165, 1.54) is 24.2 Å². The molecule has 2 aromatic heterocycles. The van der Waals surface area contributed by atoms with E-state index in [-0.39, 0.29) is 0 Å². The number of rotatable bonds is 7. The van der Waals surface area contributed by atoms with Gasteiger partial charge in [-0.1, -0.05) is 0 Å². The molecule has 0 spiro atoms.